The lowest BCUT2D eigenvalue weighted by Gasteiger charge is -2.33. The predicted octanol–water partition coefficient (Wildman–Crippen LogP) is 2.81. The molecule has 1 aliphatic heterocycles. The van der Waals surface area contributed by atoms with Crippen molar-refractivity contribution >= 4 is 17.5 Å². The molecule has 1 aliphatic rings. The molecule has 0 radical (unpaired) electrons. The fraction of sp³-hybridized carbons (Fsp3) is 0.300. The Bertz CT molecular complexity index is 806. The Hall–Kier alpha value is -2.86. The van der Waals surface area contributed by atoms with Gasteiger partial charge in [-0.1, -0.05) is 18.2 Å². The van der Waals surface area contributed by atoms with Crippen LogP contribution < -0.4 is 10.1 Å². The molecule has 3 rings (SSSR count). The van der Waals surface area contributed by atoms with Crippen molar-refractivity contribution in [3.05, 3.63) is 59.7 Å². The maximum absolute atomic E-state index is 12.8. The second kappa shape index (κ2) is 8.01. The molecule has 0 spiro atoms. The van der Waals surface area contributed by atoms with Crippen LogP contribution in [0.3, 0.4) is 0 Å². The molecule has 2 aromatic rings. The molecule has 2 aromatic carbocycles. The van der Waals surface area contributed by atoms with Gasteiger partial charge in [-0.15, -0.1) is 0 Å². The quantitative estimate of drug-likeness (QED) is 0.917. The minimum absolute atomic E-state index is 0.0306. The van der Waals surface area contributed by atoms with Gasteiger partial charge >= 0.3 is 0 Å². The summed E-state index contributed by atoms with van der Waals surface area (Å²) in [6.07, 6.45) is 0. The number of para-hydroxylation sites is 1. The SMILES string of the molecule is COc1ccccc1C(=O)Nc1cccc(C(=O)N2CCOCC2C)c1. The van der Waals surface area contributed by atoms with E-state index in [4.69, 9.17) is 9.47 Å². The third-order valence-corrected chi connectivity index (χ3v) is 4.35. The van der Waals surface area contributed by atoms with Gasteiger partial charge in [-0.25, -0.2) is 0 Å². The van der Waals surface area contributed by atoms with Crippen LogP contribution >= 0.6 is 0 Å². The monoisotopic (exact) mass is 354 g/mol. The van der Waals surface area contributed by atoms with E-state index in [0.29, 0.717) is 42.3 Å². The number of benzene rings is 2. The zero-order valence-electron chi connectivity index (χ0n) is 14.9. The van der Waals surface area contributed by atoms with Gasteiger partial charge in [0.2, 0.25) is 0 Å². The van der Waals surface area contributed by atoms with Crippen molar-refractivity contribution in [2.24, 2.45) is 0 Å². The first-order chi connectivity index (χ1) is 12.6. The Morgan fingerprint density at radius 2 is 2.00 bits per heavy atom. The molecule has 0 saturated carbocycles. The molecule has 0 aliphatic carbocycles. The van der Waals surface area contributed by atoms with E-state index in [0.717, 1.165) is 0 Å². The molecule has 6 nitrogen and oxygen atoms in total. The first-order valence-electron chi connectivity index (χ1n) is 8.53. The van der Waals surface area contributed by atoms with Crippen LogP contribution in [0.2, 0.25) is 0 Å². The maximum atomic E-state index is 12.8. The van der Waals surface area contributed by atoms with Crippen LogP contribution in [0.4, 0.5) is 5.69 Å². The summed E-state index contributed by atoms with van der Waals surface area (Å²) in [5.74, 6) is 0.153. The summed E-state index contributed by atoms with van der Waals surface area (Å²) in [5.41, 5.74) is 1.54. The van der Waals surface area contributed by atoms with Crippen LogP contribution in [0.5, 0.6) is 5.75 Å². The van der Waals surface area contributed by atoms with Gasteiger partial charge < -0.3 is 19.7 Å². The number of ether oxygens (including phenoxy) is 2. The fourth-order valence-electron chi connectivity index (χ4n) is 2.96. The highest BCUT2D eigenvalue weighted by atomic mass is 16.5. The first-order valence-corrected chi connectivity index (χ1v) is 8.53. The Labute approximate surface area is 152 Å². The normalized spacial score (nSPS) is 16.8. The Morgan fingerprint density at radius 1 is 1.19 bits per heavy atom. The molecule has 136 valence electrons. The molecule has 0 aromatic heterocycles. The Balaban J connectivity index is 1.77. The zero-order chi connectivity index (χ0) is 18.5. The van der Waals surface area contributed by atoms with E-state index in [1.165, 1.54) is 7.11 Å². The van der Waals surface area contributed by atoms with E-state index >= 15 is 0 Å². The van der Waals surface area contributed by atoms with Gasteiger partial charge in [0.25, 0.3) is 11.8 Å². The zero-order valence-corrected chi connectivity index (χ0v) is 14.9. The highest BCUT2D eigenvalue weighted by molar-refractivity contribution is 6.06. The standard InChI is InChI=1S/C20H22N2O4/c1-14-13-26-11-10-22(14)20(24)15-6-5-7-16(12-15)21-19(23)17-8-3-4-9-18(17)25-2/h3-9,12,14H,10-11,13H2,1-2H3,(H,21,23). The largest absolute Gasteiger partial charge is 0.496 e. The van der Waals surface area contributed by atoms with E-state index < -0.39 is 0 Å². The molecule has 2 amide bonds. The fourth-order valence-corrected chi connectivity index (χ4v) is 2.96. The molecule has 0 bridgehead atoms. The summed E-state index contributed by atoms with van der Waals surface area (Å²) in [6.45, 7) is 3.61. The van der Waals surface area contributed by atoms with Gasteiger partial charge in [0.1, 0.15) is 5.75 Å². The summed E-state index contributed by atoms with van der Waals surface area (Å²) >= 11 is 0. The van der Waals surface area contributed by atoms with Gasteiger partial charge in [-0.3, -0.25) is 9.59 Å². The first kappa shape index (κ1) is 17.9. The Kier molecular flexibility index (Phi) is 5.53. The Morgan fingerprint density at radius 3 is 2.77 bits per heavy atom. The second-order valence-corrected chi connectivity index (χ2v) is 6.16. The van der Waals surface area contributed by atoms with Crippen molar-refractivity contribution in [1.29, 1.82) is 0 Å². The molecule has 6 heteroatoms. The van der Waals surface area contributed by atoms with Gasteiger partial charge in [0.15, 0.2) is 0 Å². The van der Waals surface area contributed by atoms with E-state index in [1.807, 2.05) is 6.92 Å². The second-order valence-electron chi connectivity index (χ2n) is 6.16. The van der Waals surface area contributed by atoms with Crippen LogP contribution in [0, 0.1) is 0 Å². The van der Waals surface area contributed by atoms with E-state index in [2.05, 4.69) is 5.32 Å². The summed E-state index contributed by atoms with van der Waals surface area (Å²) in [5, 5.41) is 2.83. The highest BCUT2D eigenvalue weighted by Crippen LogP contribution is 2.20. The number of anilines is 1. The maximum Gasteiger partial charge on any atom is 0.259 e. The number of morpholine rings is 1. The van der Waals surface area contributed by atoms with Gasteiger partial charge in [0.05, 0.1) is 31.9 Å². The average Bonchev–Trinajstić information content (AvgIpc) is 2.68. The number of nitrogens with zero attached hydrogens (tertiary/aromatic N) is 1. The summed E-state index contributed by atoms with van der Waals surface area (Å²) < 4.78 is 10.6. The summed E-state index contributed by atoms with van der Waals surface area (Å²) in [4.78, 5) is 27.1. The van der Waals surface area contributed by atoms with Crippen molar-refractivity contribution in [2.75, 3.05) is 32.2 Å². The molecule has 1 saturated heterocycles. The number of amides is 2. The van der Waals surface area contributed by atoms with Crippen LogP contribution in [-0.4, -0.2) is 49.6 Å². The number of hydrogen-bond acceptors (Lipinski definition) is 4. The van der Waals surface area contributed by atoms with E-state index in [9.17, 15) is 9.59 Å². The van der Waals surface area contributed by atoms with Crippen LogP contribution in [-0.2, 0) is 4.74 Å². The number of rotatable bonds is 4. The van der Waals surface area contributed by atoms with Gasteiger partial charge in [-0.2, -0.15) is 0 Å². The average molecular weight is 354 g/mol. The number of hydrogen-bond donors (Lipinski definition) is 1. The predicted molar refractivity (Wildman–Crippen MR) is 98.7 cm³/mol. The topological polar surface area (TPSA) is 67.9 Å². The van der Waals surface area contributed by atoms with Gasteiger partial charge in [0, 0.05) is 17.8 Å². The lowest BCUT2D eigenvalue weighted by Crippen LogP contribution is -2.47. The minimum Gasteiger partial charge on any atom is -0.496 e. The molecular formula is C20H22N2O4. The van der Waals surface area contributed by atoms with Crippen LogP contribution in [0.15, 0.2) is 48.5 Å². The number of methoxy groups -OCH3 is 1. The van der Waals surface area contributed by atoms with Crippen molar-refractivity contribution in [1.82, 2.24) is 4.90 Å². The van der Waals surface area contributed by atoms with Crippen molar-refractivity contribution in [3.8, 4) is 5.75 Å². The van der Waals surface area contributed by atoms with Crippen molar-refractivity contribution < 1.29 is 19.1 Å². The van der Waals surface area contributed by atoms with Crippen LogP contribution in [0.1, 0.15) is 27.6 Å². The van der Waals surface area contributed by atoms with E-state index in [1.54, 1.807) is 53.4 Å². The summed E-state index contributed by atoms with van der Waals surface area (Å²) in [6, 6.07) is 14.0. The number of nitrogens with one attached hydrogen (secondary N) is 1. The molecule has 1 heterocycles. The minimum atomic E-state index is -0.285. The number of carbonyl (C=O) groups is 2. The molecule has 1 N–H and O–H groups in total. The summed E-state index contributed by atoms with van der Waals surface area (Å²) in [7, 11) is 1.52. The highest BCUT2D eigenvalue weighted by Gasteiger charge is 2.25. The lowest BCUT2D eigenvalue weighted by atomic mass is 10.1. The molecule has 1 fully saturated rings. The molecule has 26 heavy (non-hydrogen) atoms. The molecular weight excluding hydrogens is 332 g/mol. The lowest BCUT2D eigenvalue weighted by molar-refractivity contribution is 0.00359. The van der Waals surface area contributed by atoms with Gasteiger partial charge in [-0.05, 0) is 37.3 Å². The smallest absolute Gasteiger partial charge is 0.259 e. The van der Waals surface area contributed by atoms with Crippen molar-refractivity contribution in [3.63, 3.8) is 0 Å². The molecule has 1 atom stereocenters. The van der Waals surface area contributed by atoms with Crippen molar-refractivity contribution in [2.45, 2.75) is 13.0 Å². The third kappa shape index (κ3) is 3.86. The van der Waals surface area contributed by atoms with E-state index in [-0.39, 0.29) is 17.9 Å². The molecule has 1 unspecified atom stereocenters. The number of carbonyl (C=O) groups excluding carboxylic acids is 2. The van der Waals surface area contributed by atoms with Crippen LogP contribution in [0.25, 0.3) is 0 Å². The third-order valence-electron chi connectivity index (χ3n) is 4.35.